The number of carboxylic acids is 1. The molecule has 0 aromatic carbocycles. The van der Waals surface area contributed by atoms with Gasteiger partial charge >= 0.3 is 5.97 Å². The quantitative estimate of drug-likeness (QED) is 0.708. The molecule has 80 valence electrons. The largest absolute Gasteiger partial charge is 0.480 e. The second kappa shape index (κ2) is 4.04. The predicted octanol–water partition coefficient (Wildman–Crippen LogP) is 0.526. The van der Waals surface area contributed by atoms with Gasteiger partial charge in [0, 0.05) is 12.4 Å². The lowest BCUT2D eigenvalue weighted by Crippen LogP contribution is -2.38. The molecule has 6 heteroatoms. The number of hydrogen-bond acceptors (Lipinski definition) is 4. The molecule has 0 saturated carbocycles. The fourth-order valence-corrected chi connectivity index (χ4v) is 0.719. The molecule has 1 rings (SSSR count). The van der Waals surface area contributed by atoms with Gasteiger partial charge in [0.25, 0.3) is 0 Å². The van der Waals surface area contributed by atoms with E-state index in [1.807, 2.05) is 0 Å². The van der Waals surface area contributed by atoms with Gasteiger partial charge in [-0.05, 0) is 19.9 Å². The monoisotopic (exact) mass is 209 g/mol. The molecule has 2 N–H and O–H groups in total. The zero-order valence-corrected chi connectivity index (χ0v) is 8.39. The molecule has 0 fully saturated rings. The minimum absolute atomic E-state index is 0.0943. The Bertz CT molecular complexity index is 375. The van der Waals surface area contributed by atoms with Crippen molar-refractivity contribution in [3.05, 3.63) is 18.5 Å². The summed E-state index contributed by atoms with van der Waals surface area (Å²) in [6.45, 7) is 2.63. The third-order valence-corrected chi connectivity index (χ3v) is 1.89. The second-order valence-corrected chi connectivity index (χ2v) is 3.46. The first-order valence-electron chi connectivity index (χ1n) is 4.26. The lowest BCUT2D eigenvalue weighted by molar-refractivity contribution is -0.151. The molecule has 0 unspecified atom stereocenters. The number of carbonyl (C=O) groups is 2. The highest BCUT2D eigenvalue weighted by atomic mass is 16.4. The molecule has 6 nitrogen and oxygen atoms in total. The molecule has 1 amide bonds. The summed E-state index contributed by atoms with van der Waals surface area (Å²) < 4.78 is 0. The molecule has 0 bridgehead atoms. The molecule has 0 spiro atoms. The summed E-state index contributed by atoms with van der Waals surface area (Å²) in [5.41, 5.74) is -1.50. The summed E-state index contributed by atoms with van der Waals surface area (Å²) >= 11 is 0. The van der Waals surface area contributed by atoms with Crippen LogP contribution < -0.4 is 5.32 Å². The normalized spacial score (nSPS) is 10.8. The number of aromatic nitrogens is 2. The number of carbonyl (C=O) groups excluding carboxylic acids is 1. The standard InChI is InChI=1S/C9H11N3O3/c1-9(2,7(14)15)6(13)12-8-10-4-3-5-11-8/h3-5H,1-2H3,(H,14,15)(H,10,11,12,13). The smallest absolute Gasteiger partial charge is 0.318 e. The number of nitrogens with one attached hydrogen (secondary N) is 1. The topological polar surface area (TPSA) is 92.2 Å². The highest BCUT2D eigenvalue weighted by Crippen LogP contribution is 2.16. The van der Waals surface area contributed by atoms with Crippen molar-refractivity contribution in [1.29, 1.82) is 0 Å². The highest BCUT2D eigenvalue weighted by molar-refractivity contribution is 6.06. The van der Waals surface area contributed by atoms with Crippen molar-refractivity contribution in [3.63, 3.8) is 0 Å². The maximum Gasteiger partial charge on any atom is 0.318 e. The van der Waals surface area contributed by atoms with E-state index in [0.29, 0.717) is 0 Å². The number of anilines is 1. The molecular formula is C9H11N3O3. The third kappa shape index (κ3) is 2.49. The number of aliphatic carboxylic acids is 1. The summed E-state index contributed by atoms with van der Waals surface area (Å²) in [5, 5.41) is 11.1. The molecule has 0 saturated heterocycles. The van der Waals surface area contributed by atoms with Crippen LogP contribution in [0.4, 0.5) is 5.95 Å². The SMILES string of the molecule is CC(C)(C(=O)O)C(=O)Nc1ncccn1. The van der Waals surface area contributed by atoms with E-state index in [0.717, 1.165) is 0 Å². The van der Waals surface area contributed by atoms with Crippen molar-refractivity contribution in [3.8, 4) is 0 Å². The zero-order valence-electron chi connectivity index (χ0n) is 8.39. The van der Waals surface area contributed by atoms with Crippen molar-refractivity contribution in [2.45, 2.75) is 13.8 Å². The van der Waals surface area contributed by atoms with Crippen molar-refractivity contribution >= 4 is 17.8 Å². The molecule has 0 radical (unpaired) electrons. The van der Waals surface area contributed by atoms with Crippen molar-refractivity contribution in [1.82, 2.24) is 9.97 Å². The highest BCUT2D eigenvalue weighted by Gasteiger charge is 2.36. The van der Waals surface area contributed by atoms with E-state index < -0.39 is 17.3 Å². The van der Waals surface area contributed by atoms with Crippen LogP contribution in [0.5, 0.6) is 0 Å². The Morgan fingerprint density at radius 3 is 2.33 bits per heavy atom. The molecule has 0 aliphatic rings. The van der Waals surface area contributed by atoms with Gasteiger partial charge in [-0.1, -0.05) is 0 Å². The van der Waals surface area contributed by atoms with E-state index in [2.05, 4.69) is 15.3 Å². The van der Waals surface area contributed by atoms with Crippen molar-refractivity contribution in [2.75, 3.05) is 5.32 Å². The van der Waals surface area contributed by atoms with Gasteiger partial charge in [0.1, 0.15) is 5.41 Å². The summed E-state index contributed by atoms with van der Waals surface area (Å²) in [6, 6.07) is 1.60. The van der Waals surface area contributed by atoms with E-state index in [-0.39, 0.29) is 5.95 Å². The zero-order chi connectivity index (χ0) is 11.5. The maximum absolute atomic E-state index is 11.5. The van der Waals surface area contributed by atoms with Crippen LogP contribution in [0.15, 0.2) is 18.5 Å². The maximum atomic E-state index is 11.5. The molecular weight excluding hydrogens is 198 g/mol. The Morgan fingerprint density at radius 2 is 1.87 bits per heavy atom. The van der Waals surface area contributed by atoms with E-state index in [9.17, 15) is 9.59 Å². The van der Waals surface area contributed by atoms with Gasteiger partial charge in [-0.3, -0.25) is 14.9 Å². The summed E-state index contributed by atoms with van der Waals surface area (Å²) in [7, 11) is 0. The molecule has 0 atom stereocenters. The number of hydrogen-bond donors (Lipinski definition) is 2. The van der Waals surface area contributed by atoms with Crippen molar-refractivity contribution < 1.29 is 14.7 Å². The third-order valence-electron chi connectivity index (χ3n) is 1.89. The fourth-order valence-electron chi connectivity index (χ4n) is 0.719. The van der Waals surface area contributed by atoms with Crippen molar-refractivity contribution in [2.24, 2.45) is 5.41 Å². The molecule has 1 aromatic rings. The first-order valence-corrected chi connectivity index (χ1v) is 4.26. The van der Waals surface area contributed by atoms with Crippen LogP contribution in [-0.4, -0.2) is 27.0 Å². The molecule has 15 heavy (non-hydrogen) atoms. The van der Waals surface area contributed by atoms with E-state index in [4.69, 9.17) is 5.11 Å². The van der Waals surface area contributed by atoms with Crippen LogP contribution in [0.25, 0.3) is 0 Å². The first kappa shape index (κ1) is 11.1. The molecule has 0 aliphatic carbocycles. The van der Waals surface area contributed by atoms with E-state index in [1.165, 1.54) is 26.2 Å². The summed E-state index contributed by atoms with van der Waals surface area (Å²) in [5.74, 6) is -1.76. The van der Waals surface area contributed by atoms with Crippen LogP contribution in [0, 0.1) is 5.41 Å². The van der Waals surface area contributed by atoms with Gasteiger partial charge in [-0.2, -0.15) is 0 Å². The molecule has 1 heterocycles. The molecule has 1 aromatic heterocycles. The fraction of sp³-hybridized carbons (Fsp3) is 0.333. The second-order valence-electron chi connectivity index (χ2n) is 3.46. The van der Waals surface area contributed by atoms with Crippen LogP contribution in [0.2, 0.25) is 0 Å². The minimum atomic E-state index is -1.50. The van der Waals surface area contributed by atoms with E-state index >= 15 is 0 Å². The number of nitrogens with zero attached hydrogens (tertiary/aromatic N) is 2. The lowest BCUT2D eigenvalue weighted by atomic mass is 9.93. The van der Waals surface area contributed by atoms with Gasteiger partial charge in [0.05, 0.1) is 0 Å². The lowest BCUT2D eigenvalue weighted by Gasteiger charge is -2.17. The van der Waals surface area contributed by atoms with Gasteiger partial charge in [-0.25, -0.2) is 9.97 Å². The number of carboxylic acid groups (broad SMARTS) is 1. The number of rotatable bonds is 3. The van der Waals surface area contributed by atoms with Gasteiger partial charge < -0.3 is 5.11 Å². The minimum Gasteiger partial charge on any atom is -0.480 e. The van der Waals surface area contributed by atoms with Gasteiger partial charge in [0.15, 0.2) is 0 Å². The Morgan fingerprint density at radius 1 is 1.33 bits per heavy atom. The van der Waals surface area contributed by atoms with Crippen LogP contribution in [-0.2, 0) is 9.59 Å². The Kier molecular flexibility index (Phi) is 2.99. The average Bonchev–Trinajstić information content (AvgIpc) is 2.18. The predicted molar refractivity (Wildman–Crippen MR) is 52.1 cm³/mol. The Balaban J connectivity index is 2.77. The van der Waals surface area contributed by atoms with Crippen LogP contribution >= 0.6 is 0 Å². The first-order chi connectivity index (χ1) is 6.94. The van der Waals surface area contributed by atoms with E-state index in [1.54, 1.807) is 6.07 Å². The summed E-state index contributed by atoms with van der Waals surface area (Å²) in [4.78, 5) is 29.8. The number of amides is 1. The van der Waals surface area contributed by atoms with Gasteiger partial charge in [0.2, 0.25) is 11.9 Å². The molecule has 0 aliphatic heterocycles. The summed E-state index contributed by atoms with van der Waals surface area (Å²) in [6.07, 6.45) is 2.91. The average molecular weight is 209 g/mol. The van der Waals surface area contributed by atoms with Gasteiger partial charge in [-0.15, -0.1) is 0 Å². The van der Waals surface area contributed by atoms with Crippen LogP contribution in [0.1, 0.15) is 13.8 Å². The Hall–Kier alpha value is -1.98. The Labute approximate surface area is 86.4 Å². The van der Waals surface area contributed by atoms with Crippen LogP contribution in [0.3, 0.4) is 0 Å².